The molecule has 0 aromatic heterocycles. The molecule has 1 aromatic rings. The molecule has 2 aliphatic heterocycles. The summed E-state index contributed by atoms with van der Waals surface area (Å²) in [5.74, 6) is -0.438. The number of carbonyl (C=O) groups is 2. The van der Waals surface area contributed by atoms with Crippen LogP contribution in [-0.4, -0.2) is 75.4 Å². The quantitative estimate of drug-likeness (QED) is 0.796. The summed E-state index contributed by atoms with van der Waals surface area (Å²) < 4.78 is 32.6. The lowest BCUT2D eigenvalue weighted by molar-refractivity contribution is -0.138. The molecule has 9 heteroatoms. The number of benzene rings is 1. The second-order valence-corrected chi connectivity index (χ2v) is 8.21. The van der Waals surface area contributed by atoms with Gasteiger partial charge in [-0.25, -0.2) is 8.42 Å². The molecule has 0 saturated carbocycles. The van der Waals surface area contributed by atoms with E-state index < -0.39 is 16.1 Å². The Balaban J connectivity index is 1.81. The van der Waals surface area contributed by atoms with Gasteiger partial charge in [-0.15, -0.1) is 0 Å². The Hall–Kier alpha value is -1.97. The molecule has 2 heterocycles. The highest BCUT2D eigenvalue weighted by molar-refractivity contribution is 7.89. The Morgan fingerprint density at radius 2 is 1.77 bits per heavy atom. The van der Waals surface area contributed by atoms with Gasteiger partial charge >= 0.3 is 0 Å². The van der Waals surface area contributed by atoms with E-state index in [9.17, 15) is 18.0 Å². The van der Waals surface area contributed by atoms with Gasteiger partial charge in [-0.2, -0.15) is 4.31 Å². The first-order valence-electron chi connectivity index (χ1n) is 8.65. The summed E-state index contributed by atoms with van der Waals surface area (Å²) in [7, 11) is -2.28. The van der Waals surface area contributed by atoms with Gasteiger partial charge < -0.3 is 15.0 Å². The van der Waals surface area contributed by atoms with Gasteiger partial charge in [0.05, 0.1) is 18.1 Å². The molecule has 0 spiro atoms. The molecule has 2 fully saturated rings. The van der Waals surface area contributed by atoms with Crippen LogP contribution in [0.5, 0.6) is 0 Å². The van der Waals surface area contributed by atoms with Crippen LogP contribution in [0.3, 0.4) is 0 Å². The van der Waals surface area contributed by atoms with E-state index in [0.29, 0.717) is 51.3 Å². The third-order valence-corrected chi connectivity index (χ3v) is 6.68. The predicted octanol–water partition coefficient (Wildman–Crippen LogP) is 0.0581. The number of ether oxygens (including phenoxy) is 1. The summed E-state index contributed by atoms with van der Waals surface area (Å²) in [6, 6.07) is 5.10. The number of nitrogens with one attached hydrogen (secondary N) is 1. The van der Waals surface area contributed by atoms with E-state index in [0.717, 1.165) is 0 Å². The molecule has 1 N–H and O–H groups in total. The van der Waals surface area contributed by atoms with E-state index in [4.69, 9.17) is 4.74 Å². The van der Waals surface area contributed by atoms with Crippen LogP contribution in [0, 0.1) is 0 Å². The number of hydrogen-bond donors (Lipinski definition) is 1. The van der Waals surface area contributed by atoms with Crippen molar-refractivity contribution in [2.24, 2.45) is 0 Å². The lowest BCUT2D eigenvalue weighted by Crippen LogP contribution is -2.50. The van der Waals surface area contributed by atoms with Gasteiger partial charge in [0.2, 0.25) is 15.9 Å². The number of morpholine rings is 1. The van der Waals surface area contributed by atoms with Crippen molar-refractivity contribution in [3.63, 3.8) is 0 Å². The summed E-state index contributed by atoms with van der Waals surface area (Å²) in [5, 5.41) is 2.49. The van der Waals surface area contributed by atoms with Gasteiger partial charge in [0.15, 0.2) is 0 Å². The molecular weight excluding hydrogens is 358 g/mol. The van der Waals surface area contributed by atoms with Crippen molar-refractivity contribution < 1.29 is 22.7 Å². The Kier molecular flexibility index (Phi) is 5.59. The van der Waals surface area contributed by atoms with Crippen LogP contribution in [0.25, 0.3) is 0 Å². The van der Waals surface area contributed by atoms with Crippen LogP contribution >= 0.6 is 0 Å². The Labute approximate surface area is 153 Å². The molecule has 0 bridgehead atoms. The first-order valence-corrected chi connectivity index (χ1v) is 10.1. The number of amides is 2. The molecule has 26 heavy (non-hydrogen) atoms. The molecule has 0 unspecified atom stereocenters. The summed E-state index contributed by atoms with van der Waals surface area (Å²) in [6.07, 6.45) is 1.17. The van der Waals surface area contributed by atoms with Gasteiger partial charge in [-0.05, 0) is 37.1 Å². The van der Waals surface area contributed by atoms with Crippen LogP contribution in [0.2, 0.25) is 0 Å². The molecule has 142 valence electrons. The summed E-state index contributed by atoms with van der Waals surface area (Å²) >= 11 is 0. The second-order valence-electron chi connectivity index (χ2n) is 6.31. The number of hydrogen-bond acceptors (Lipinski definition) is 5. The number of sulfonamides is 1. The number of carbonyl (C=O) groups excluding carboxylic acids is 2. The van der Waals surface area contributed by atoms with Gasteiger partial charge in [0, 0.05) is 32.2 Å². The van der Waals surface area contributed by atoms with E-state index in [1.165, 1.54) is 35.6 Å². The van der Waals surface area contributed by atoms with E-state index in [-0.39, 0.29) is 16.7 Å². The minimum absolute atomic E-state index is 0.0897. The maximum absolute atomic E-state index is 13.0. The maximum Gasteiger partial charge on any atom is 0.251 e. The average molecular weight is 381 g/mol. The third kappa shape index (κ3) is 3.60. The van der Waals surface area contributed by atoms with Gasteiger partial charge in [-0.1, -0.05) is 0 Å². The van der Waals surface area contributed by atoms with Crippen LogP contribution in [0.4, 0.5) is 0 Å². The lowest BCUT2D eigenvalue weighted by Gasteiger charge is -2.32. The average Bonchev–Trinajstić information content (AvgIpc) is 3.18. The Morgan fingerprint density at radius 1 is 1.12 bits per heavy atom. The topological polar surface area (TPSA) is 96.0 Å². The van der Waals surface area contributed by atoms with E-state index in [1.54, 1.807) is 4.90 Å². The molecule has 2 saturated heterocycles. The molecule has 0 aliphatic carbocycles. The zero-order valence-electron chi connectivity index (χ0n) is 14.7. The van der Waals surface area contributed by atoms with Gasteiger partial charge in [0.1, 0.15) is 6.04 Å². The first kappa shape index (κ1) is 18.8. The van der Waals surface area contributed by atoms with Crippen molar-refractivity contribution in [1.82, 2.24) is 14.5 Å². The van der Waals surface area contributed by atoms with E-state index in [1.807, 2.05) is 0 Å². The fraction of sp³-hybridized carbons (Fsp3) is 0.529. The SMILES string of the molecule is CNC(=O)c1ccc(S(=O)(=O)N2CCC[C@H]2C(=O)N2CCOCC2)cc1. The van der Waals surface area contributed by atoms with Crippen molar-refractivity contribution in [1.29, 1.82) is 0 Å². The second kappa shape index (κ2) is 7.73. The smallest absolute Gasteiger partial charge is 0.251 e. The van der Waals surface area contributed by atoms with Crippen molar-refractivity contribution in [3.8, 4) is 0 Å². The van der Waals surface area contributed by atoms with Gasteiger partial charge in [0.25, 0.3) is 5.91 Å². The molecule has 8 nitrogen and oxygen atoms in total. The summed E-state index contributed by atoms with van der Waals surface area (Å²) in [6.45, 7) is 2.26. The molecule has 2 amide bonds. The van der Waals surface area contributed by atoms with Crippen molar-refractivity contribution in [3.05, 3.63) is 29.8 Å². The van der Waals surface area contributed by atoms with Crippen LogP contribution in [0.15, 0.2) is 29.2 Å². The fourth-order valence-electron chi connectivity index (χ4n) is 3.33. The van der Waals surface area contributed by atoms with E-state index in [2.05, 4.69) is 5.32 Å². The van der Waals surface area contributed by atoms with Crippen LogP contribution in [-0.2, 0) is 19.6 Å². The molecule has 1 atom stereocenters. The van der Waals surface area contributed by atoms with E-state index >= 15 is 0 Å². The Bertz CT molecular complexity index is 772. The predicted molar refractivity (Wildman–Crippen MR) is 94.1 cm³/mol. The lowest BCUT2D eigenvalue weighted by atomic mass is 10.2. The molecule has 2 aliphatic rings. The normalized spacial score (nSPS) is 21.6. The third-order valence-electron chi connectivity index (χ3n) is 4.76. The minimum atomic E-state index is -3.80. The monoisotopic (exact) mass is 381 g/mol. The maximum atomic E-state index is 13.0. The van der Waals surface area contributed by atoms with Crippen LogP contribution in [0.1, 0.15) is 23.2 Å². The largest absolute Gasteiger partial charge is 0.378 e. The van der Waals surface area contributed by atoms with Crippen molar-refractivity contribution in [2.75, 3.05) is 39.9 Å². The molecular formula is C17H23N3O5S. The van der Waals surface area contributed by atoms with Gasteiger partial charge in [-0.3, -0.25) is 9.59 Å². The zero-order chi connectivity index (χ0) is 18.7. The standard InChI is InChI=1S/C17H23N3O5S/c1-18-16(21)13-4-6-14(7-5-13)26(23,24)20-8-2-3-15(20)17(22)19-9-11-25-12-10-19/h4-7,15H,2-3,8-12H2,1H3,(H,18,21)/t15-/m0/s1. The zero-order valence-corrected chi connectivity index (χ0v) is 15.5. The van der Waals surface area contributed by atoms with Crippen molar-refractivity contribution >= 4 is 21.8 Å². The molecule has 1 aromatic carbocycles. The first-order chi connectivity index (χ1) is 12.4. The number of nitrogens with zero attached hydrogens (tertiary/aromatic N) is 2. The van der Waals surface area contributed by atoms with Crippen molar-refractivity contribution in [2.45, 2.75) is 23.8 Å². The highest BCUT2D eigenvalue weighted by atomic mass is 32.2. The molecule has 3 rings (SSSR count). The summed E-state index contributed by atoms with van der Waals surface area (Å²) in [5.41, 5.74) is 0.383. The Morgan fingerprint density at radius 3 is 2.38 bits per heavy atom. The number of rotatable bonds is 4. The fourth-order valence-corrected chi connectivity index (χ4v) is 4.98. The molecule has 0 radical (unpaired) electrons. The highest BCUT2D eigenvalue weighted by Crippen LogP contribution is 2.27. The summed E-state index contributed by atoms with van der Waals surface area (Å²) in [4.78, 5) is 26.2. The van der Waals surface area contributed by atoms with Crippen LogP contribution < -0.4 is 5.32 Å². The highest BCUT2D eigenvalue weighted by Gasteiger charge is 2.41. The minimum Gasteiger partial charge on any atom is -0.378 e.